The molecule has 460 valence electrons. The number of carbonyl (C=O) groups excluding carboxylic acids is 3. The number of nitrogen functional groups attached to an aromatic ring is 1. The normalized spacial score (nSPS) is 19.8. The first-order chi connectivity index (χ1) is 39.9. The van der Waals surface area contributed by atoms with Crippen LogP contribution < -0.4 is 21.7 Å². The Morgan fingerprint density at radius 1 is 0.882 bits per heavy atom. The molecule has 3 amide bonds. The molecule has 8 rings (SSSR count). The minimum atomic E-state index is -5.12. The van der Waals surface area contributed by atoms with Crippen LogP contribution in [0.2, 0.25) is 0 Å². The second-order valence-electron chi connectivity index (χ2n) is 23.3. The molecular formula is C61H85CaN8O13PS. The number of piperazine rings is 1. The van der Waals surface area contributed by atoms with E-state index in [2.05, 4.69) is 30.7 Å². The molecule has 2 saturated heterocycles. The van der Waals surface area contributed by atoms with Gasteiger partial charge in [-0.05, 0) is 104 Å². The number of nitrogens with two attached hydrogens (primary N) is 1. The van der Waals surface area contributed by atoms with Crippen molar-refractivity contribution in [2.45, 2.75) is 126 Å². The van der Waals surface area contributed by atoms with E-state index in [0.717, 1.165) is 38.7 Å². The fraction of sp³-hybridized carbons (Fsp3) is 0.475. The van der Waals surface area contributed by atoms with Gasteiger partial charge in [0.05, 0.1) is 42.4 Å². The molecule has 4 aromatic carbocycles. The van der Waals surface area contributed by atoms with Crippen molar-refractivity contribution in [2.75, 3.05) is 58.2 Å². The van der Waals surface area contributed by atoms with Crippen LogP contribution in [0.25, 0.3) is 0 Å². The number of anilines is 1. The number of hydrogen-bond donors (Lipinski definition) is 8. The number of benzene rings is 4. The molecule has 24 heteroatoms. The van der Waals surface area contributed by atoms with Gasteiger partial charge in [0.25, 0.3) is 0 Å². The number of β-amino-alcohol motifs (C(OH)–C–C–N with tert-alkyl or cyclic N) is 1. The van der Waals surface area contributed by atoms with E-state index in [-0.39, 0.29) is 92.9 Å². The summed E-state index contributed by atoms with van der Waals surface area (Å²) in [4.78, 5) is 68.2. The number of rotatable bonds is 24. The Morgan fingerprint density at radius 3 is 2.14 bits per heavy atom. The monoisotopic (exact) mass is 1240 g/mol. The summed E-state index contributed by atoms with van der Waals surface area (Å²) >= 11 is 0. The second-order valence-corrected chi connectivity index (χ2v) is 26.5. The molecule has 0 bridgehead atoms. The average Bonchev–Trinajstić information content (AvgIpc) is 4.16. The van der Waals surface area contributed by atoms with Crippen LogP contribution in [-0.4, -0.2) is 198 Å². The third-order valence-electron chi connectivity index (χ3n) is 14.7. The topological polar surface area (TPSA) is 296 Å². The predicted molar refractivity (Wildman–Crippen MR) is 327 cm³/mol. The molecule has 3 heterocycles. The molecule has 2 fully saturated rings. The number of pyridine rings is 1. The van der Waals surface area contributed by atoms with Crippen molar-refractivity contribution in [3.63, 3.8) is 0 Å². The van der Waals surface area contributed by atoms with E-state index >= 15 is 0 Å². The summed E-state index contributed by atoms with van der Waals surface area (Å²) in [5.41, 5.74) is 10.5. The number of aromatic nitrogens is 1. The molecule has 1 aromatic heterocycles. The van der Waals surface area contributed by atoms with Crippen LogP contribution in [0, 0.1) is 11.8 Å². The van der Waals surface area contributed by atoms with Crippen molar-refractivity contribution >= 4 is 79.2 Å². The van der Waals surface area contributed by atoms with Crippen molar-refractivity contribution in [1.82, 2.24) is 35.0 Å². The molecule has 85 heavy (non-hydrogen) atoms. The van der Waals surface area contributed by atoms with Crippen molar-refractivity contribution in [3.8, 4) is 0 Å². The van der Waals surface area contributed by atoms with E-state index in [9.17, 15) is 47.4 Å². The summed E-state index contributed by atoms with van der Waals surface area (Å²) in [6.45, 7) is 12.6. The third kappa shape index (κ3) is 22.0. The third-order valence-corrected chi connectivity index (χ3v) is 17.1. The van der Waals surface area contributed by atoms with Gasteiger partial charge < -0.3 is 51.2 Å². The Bertz CT molecular complexity index is 3050. The maximum atomic E-state index is 13.8. The standard InChI is InChI=1S/C36H47N5O4.C25H36N3O9PS.Ca.2H/c1-36(2,3)39-35(45)31-24-40(22-26-12-9-15-37-21-26)16-17-41(31)23-29(42)19-28(18-25-10-5-4-6-11-25)34(44)38-33-30-14-8-7-13-27(30)20-32(33)43;1-18(2)15-28(39(33,34)22-10-8-20(26)9-11-22)16-24(37-38(30,31)32)23(14-19-6-4-3-5-7-19)27-25(29)36-21-12-13-35-17-21;;;/h4-15,21,28-29,31-33,42-43H,16-20,22-24H2,1-3H3,(H,38,44)(H,39,45);3-11,18,21,23-24H,12-17,26H2,1-2H3,(H,27,29)(H2,30,31,32);;;/t28-,29+,31+,32-,33+;21-,23-,24+;;;/m10.../s1. The molecule has 0 saturated carbocycles. The number of fused-ring (bicyclic) bond motifs is 1. The molecule has 5 aromatic rings. The van der Waals surface area contributed by atoms with Crippen LogP contribution in [0.1, 0.15) is 81.3 Å². The van der Waals surface area contributed by atoms with Gasteiger partial charge in [-0.25, -0.2) is 17.8 Å². The molecule has 9 N–H and O–H groups in total. The van der Waals surface area contributed by atoms with Crippen molar-refractivity contribution < 1.29 is 61.4 Å². The molecule has 1 aliphatic carbocycles. The SMILES string of the molecule is CC(C)(C)NC(=O)[C@@H]1CN(Cc2cccnc2)CCN1C[C@@H](O)C[C@@H](Cc1ccccc1)C(=O)N[C@H]1c2ccccc2C[C@H]1O.CC(C)CN(C[C@@H](OP(=O)(O)O)[C@H](Cc1ccccc1)NC(=O)O[C@H]1CCOC1)S(=O)(=O)c1ccc(N)cc1.[CaH2]. The molecule has 0 unspecified atom stereocenters. The number of carbonyl (C=O) groups is 3. The zero-order valence-electron chi connectivity index (χ0n) is 48.5. The Balaban J connectivity index is 0.000000272. The number of amides is 3. The number of sulfonamides is 1. The van der Waals surface area contributed by atoms with E-state index in [4.69, 9.17) is 19.7 Å². The Hall–Kier alpha value is -4.88. The first-order valence-corrected chi connectivity index (χ1v) is 31.5. The molecule has 0 spiro atoms. The van der Waals surface area contributed by atoms with Crippen LogP contribution in [0.5, 0.6) is 0 Å². The van der Waals surface area contributed by atoms with E-state index in [1.54, 1.807) is 36.5 Å². The van der Waals surface area contributed by atoms with E-state index < -0.39 is 84.5 Å². The van der Waals surface area contributed by atoms with Crippen LogP contribution in [-0.2, 0) is 64.0 Å². The van der Waals surface area contributed by atoms with Crippen molar-refractivity contribution in [3.05, 3.63) is 162 Å². The number of phosphoric ester groups is 1. The number of phosphoric acid groups is 1. The number of alkyl carbamates (subject to hydrolysis) is 1. The second kappa shape index (κ2) is 32.4. The van der Waals surface area contributed by atoms with Gasteiger partial charge in [-0.2, -0.15) is 4.31 Å². The summed E-state index contributed by atoms with van der Waals surface area (Å²) in [7, 11) is -9.26. The van der Waals surface area contributed by atoms with E-state index in [1.165, 1.54) is 24.3 Å². The van der Waals surface area contributed by atoms with Crippen LogP contribution in [0.3, 0.4) is 0 Å². The van der Waals surface area contributed by atoms with Gasteiger partial charge in [-0.15, -0.1) is 0 Å². The molecule has 8 atom stereocenters. The maximum absolute atomic E-state index is 13.8. The Kier molecular flexibility index (Phi) is 26.4. The zero-order valence-corrected chi connectivity index (χ0v) is 50.2. The van der Waals surface area contributed by atoms with Gasteiger partial charge in [-0.3, -0.25) is 28.9 Å². The number of aliphatic hydroxyl groups excluding tert-OH is 2. The van der Waals surface area contributed by atoms with Gasteiger partial charge >= 0.3 is 51.7 Å². The fourth-order valence-electron chi connectivity index (χ4n) is 10.7. The molecule has 3 aliphatic rings. The van der Waals surface area contributed by atoms with E-state index in [0.29, 0.717) is 51.2 Å². The summed E-state index contributed by atoms with van der Waals surface area (Å²) in [6, 6.07) is 34.1. The first-order valence-electron chi connectivity index (χ1n) is 28.5. The van der Waals surface area contributed by atoms with Crippen LogP contribution >= 0.6 is 7.82 Å². The number of nitrogens with zero attached hydrogens (tertiary/aromatic N) is 4. The quantitative estimate of drug-likeness (QED) is 0.0240. The van der Waals surface area contributed by atoms with Gasteiger partial charge in [0.15, 0.2) is 0 Å². The number of aliphatic hydroxyl groups is 2. The molecular weight excluding hydrogens is 1160 g/mol. The fourth-order valence-corrected chi connectivity index (χ4v) is 12.9. The number of hydrogen-bond acceptors (Lipinski definition) is 15. The number of nitrogens with one attached hydrogen (secondary N) is 3. The number of ether oxygens (including phenoxy) is 2. The van der Waals surface area contributed by atoms with Crippen LogP contribution in [0.15, 0.2) is 139 Å². The summed E-state index contributed by atoms with van der Waals surface area (Å²) in [5.74, 6) is -0.923. The van der Waals surface area contributed by atoms with Crippen molar-refractivity contribution in [2.24, 2.45) is 11.8 Å². The Morgan fingerprint density at radius 2 is 1.53 bits per heavy atom. The summed E-state index contributed by atoms with van der Waals surface area (Å²) in [6.07, 6.45) is 1.12. The first kappa shape index (κ1) is 69.2. The van der Waals surface area contributed by atoms with Crippen molar-refractivity contribution in [1.29, 1.82) is 0 Å². The molecule has 2 aliphatic heterocycles. The zero-order chi connectivity index (χ0) is 60.6. The summed E-state index contributed by atoms with van der Waals surface area (Å²) < 4.78 is 56.2. The van der Waals surface area contributed by atoms with Gasteiger partial charge in [0, 0.05) is 88.2 Å². The van der Waals surface area contributed by atoms with Gasteiger partial charge in [0.1, 0.15) is 18.2 Å². The van der Waals surface area contributed by atoms with Gasteiger partial charge in [0.2, 0.25) is 21.8 Å². The van der Waals surface area contributed by atoms with Gasteiger partial charge in [-0.1, -0.05) is 105 Å². The van der Waals surface area contributed by atoms with E-state index in [1.807, 2.05) is 108 Å². The molecule has 0 radical (unpaired) electrons. The average molecular weight is 1240 g/mol. The summed E-state index contributed by atoms with van der Waals surface area (Å²) in [5, 5.41) is 31.2. The van der Waals surface area contributed by atoms with Crippen LogP contribution in [0.4, 0.5) is 10.5 Å². The predicted octanol–water partition coefficient (Wildman–Crippen LogP) is 4.47. The minimum absolute atomic E-state index is 0. The molecule has 21 nitrogen and oxygen atoms in total. The Labute approximate surface area is 529 Å².